The summed E-state index contributed by atoms with van der Waals surface area (Å²) in [5.41, 5.74) is 0.502. The predicted molar refractivity (Wildman–Crippen MR) is 79.2 cm³/mol. The van der Waals surface area contributed by atoms with Crippen molar-refractivity contribution < 1.29 is 9.90 Å². The first-order valence-corrected chi connectivity index (χ1v) is 6.98. The molecule has 2 aromatic rings. The lowest BCUT2D eigenvalue weighted by molar-refractivity contribution is 0.0916. The molecule has 0 fully saturated rings. The van der Waals surface area contributed by atoms with Crippen LogP contribution in [-0.4, -0.2) is 38.2 Å². The molecular weight excluding hydrogens is 268 g/mol. The van der Waals surface area contributed by atoms with Crippen LogP contribution in [0.5, 0.6) is 0 Å². The van der Waals surface area contributed by atoms with E-state index in [2.05, 4.69) is 15.3 Å². The van der Waals surface area contributed by atoms with Gasteiger partial charge in [-0.1, -0.05) is 13.8 Å². The number of nitrogens with one attached hydrogen (secondary N) is 1. The minimum absolute atomic E-state index is 0.0455. The van der Waals surface area contributed by atoms with Gasteiger partial charge in [0.2, 0.25) is 0 Å². The molecule has 1 atom stereocenters. The Balaban J connectivity index is 2.06. The van der Waals surface area contributed by atoms with Gasteiger partial charge in [0.05, 0.1) is 5.56 Å². The molecule has 0 aliphatic carbocycles. The summed E-state index contributed by atoms with van der Waals surface area (Å²) >= 11 is 0. The third-order valence-corrected chi connectivity index (χ3v) is 3.34. The third-order valence-electron chi connectivity index (χ3n) is 3.34. The molecule has 2 rings (SSSR count). The molecule has 6 nitrogen and oxygen atoms in total. The molecule has 0 aliphatic heterocycles. The summed E-state index contributed by atoms with van der Waals surface area (Å²) in [6.45, 7) is 4.09. The van der Waals surface area contributed by atoms with Crippen LogP contribution in [0.2, 0.25) is 0 Å². The van der Waals surface area contributed by atoms with Crippen LogP contribution in [0, 0.1) is 5.92 Å². The summed E-state index contributed by atoms with van der Waals surface area (Å²) < 4.78 is 1.77. The lowest BCUT2D eigenvalue weighted by atomic mass is 10.0. The van der Waals surface area contributed by atoms with Crippen LogP contribution in [0.25, 0.3) is 5.82 Å². The van der Waals surface area contributed by atoms with Crippen LogP contribution in [0.15, 0.2) is 37.1 Å². The quantitative estimate of drug-likeness (QED) is 0.842. The first kappa shape index (κ1) is 15.2. The first-order chi connectivity index (χ1) is 10.1. The number of aromatic nitrogens is 3. The monoisotopic (exact) mass is 288 g/mol. The third kappa shape index (κ3) is 3.88. The highest BCUT2D eigenvalue weighted by Gasteiger charge is 2.16. The molecule has 0 bridgehead atoms. The van der Waals surface area contributed by atoms with E-state index in [4.69, 9.17) is 5.11 Å². The predicted octanol–water partition coefficient (Wildman–Crippen LogP) is 1.40. The van der Waals surface area contributed by atoms with E-state index in [-0.39, 0.29) is 24.5 Å². The number of hydrogen-bond donors (Lipinski definition) is 2. The number of carbonyl (C=O) groups excluding carboxylic acids is 1. The van der Waals surface area contributed by atoms with Gasteiger partial charge in [0.25, 0.3) is 5.91 Å². The highest BCUT2D eigenvalue weighted by molar-refractivity contribution is 5.94. The molecule has 0 aromatic carbocycles. The smallest absolute Gasteiger partial charge is 0.253 e. The molecule has 6 heteroatoms. The van der Waals surface area contributed by atoms with E-state index < -0.39 is 0 Å². The molecule has 0 spiro atoms. The van der Waals surface area contributed by atoms with Crippen molar-refractivity contribution in [2.24, 2.45) is 5.92 Å². The Labute approximate surface area is 123 Å². The average Bonchev–Trinajstić information content (AvgIpc) is 3.01. The van der Waals surface area contributed by atoms with Crippen molar-refractivity contribution >= 4 is 5.91 Å². The minimum atomic E-state index is -0.174. The van der Waals surface area contributed by atoms with Crippen molar-refractivity contribution in [1.82, 2.24) is 19.9 Å². The van der Waals surface area contributed by atoms with Crippen LogP contribution in [0.3, 0.4) is 0 Å². The van der Waals surface area contributed by atoms with Gasteiger partial charge in [0.15, 0.2) is 0 Å². The van der Waals surface area contributed by atoms with Gasteiger partial charge in [0, 0.05) is 31.2 Å². The maximum Gasteiger partial charge on any atom is 0.253 e. The fourth-order valence-electron chi connectivity index (χ4n) is 2.03. The number of aliphatic hydroxyl groups excluding tert-OH is 1. The van der Waals surface area contributed by atoms with E-state index in [9.17, 15) is 4.79 Å². The number of amides is 1. The molecule has 21 heavy (non-hydrogen) atoms. The van der Waals surface area contributed by atoms with Crippen molar-refractivity contribution in [2.45, 2.75) is 26.3 Å². The molecule has 2 aromatic heterocycles. The van der Waals surface area contributed by atoms with Crippen molar-refractivity contribution in [3.05, 3.63) is 42.6 Å². The molecule has 0 aliphatic rings. The number of pyridine rings is 1. The van der Waals surface area contributed by atoms with Crippen LogP contribution in [0.4, 0.5) is 0 Å². The highest BCUT2D eigenvalue weighted by Crippen LogP contribution is 2.09. The maximum absolute atomic E-state index is 12.2. The number of rotatable bonds is 6. The van der Waals surface area contributed by atoms with Gasteiger partial charge in [0.1, 0.15) is 12.1 Å². The molecule has 0 radical (unpaired) electrons. The van der Waals surface area contributed by atoms with Crippen LogP contribution in [-0.2, 0) is 0 Å². The zero-order valence-corrected chi connectivity index (χ0v) is 12.2. The van der Waals surface area contributed by atoms with Gasteiger partial charge < -0.3 is 10.4 Å². The van der Waals surface area contributed by atoms with E-state index in [1.807, 2.05) is 13.8 Å². The summed E-state index contributed by atoms with van der Waals surface area (Å²) in [5, 5.41) is 12.0. The summed E-state index contributed by atoms with van der Waals surface area (Å²) in [6.07, 6.45) is 7.20. The molecule has 1 unspecified atom stereocenters. The van der Waals surface area contributed by atoms with E-state index in [0.717, 1.165) is 0 Å². The number of hydrogen-bond acceptors (Lipinski definition) is 4. The summed E-state index contributed by atoms with van der Waals surface area (Å²) in [6, 6.07) is 3.46. The molecule has 1 amide bonds. The molecule has 0 saturated heterocycles. The normalized spacial score (nSPS) is 12.4. The molecular formula is C15H20N4O2. The van der Waals surface area contributed by atoms with Crippen LogP contribution in [0.1, 0.15) is 30.6 Å². The van der Waals surface area contributed by atoms with Crippen molar-refractivity contribution in [3.8, 4) is 5.82 Å². The minimum Gasteiger partial charge on any atom is -0.396 e. The number of aliphatic hydroxyl groups is 1. The maximum atomic E-state index is 12.2. The highest BCUT2D eigenvalue weighted by atomic mass is 16.3. The molecule has 2 heterocycles. The van der Waals surface area contributed by atoms with E-state index >= 15 is 0 Å². The number of imidazole rings is 1. The number of nitrogens with zero attached hydrogens (tertiary/aromatic N) is 3. The zero-order valence-electron chi connectivity index (χ0n) is 12.2. The van der Waals surface area contributed by atoms with Crippen molar-refractivity contribution in [2.75, 3.05) is 6.61 Å². The lowest BCUT2D eigenvalue weighted by Gasteiger charge is -2.21. The Morgan fingerprint density at radius 1 is 1.43 bits per heavy atom. The van der Waals surface area contributed by atoms with Crippen LogP contribution >= 0.6 is 0 Å². The fraction of sp³-hybridized carbons (Fsp3) is 0.400. The number of carbonyl (C=O) groups is 1. The molecule has 2 N–H and O–H groups in total. The second kappa shape index (κ2) is 6.99. The average molecular weight is 288 g/mol. The van der Waals surface area contributed by atoms with E-state index in [1.54, 1.807) is 41.6 Å². The fourth-order valence-corrected chi connectivity index (χ4v) is 2.03. The van der Waals surface area contributed by atoms with Gasteiger partial charge in [-0.2, -0.15) is 0 Å². The zero-order chi connectivity index (χ0) is 15.2. The topological polar surface area (TPSA) is 80.0 Å². The Bertz CT molecular complexity index is 564. The largest absolute Gasteiger partial charge is 0.396 e. The first-order valence-electron chi connectivity index (χ1n) is 6.98. The lowest BCUT2D eigenvalue weighted by Crippen LogP contribution is -2.39. The van der Waals surface area contributed by atoms with Crippen molar-refractivity contribution in [1.29, 1.82) is 0 Å². The van der Waals surface area contributed by atoms with Crippen molar-refractivity contribution in [3.63, 3.8) is 0 Å². The second-order valence-electron chi connectivity index (χ2n) is 5.21. The second-order valence-corrected chi connectivity index (χ2v) is 5.21. The van der Waals surface area contributed by atoms with Gasteiger partial charge in [-0.3, -0.25) is 9.36 Å². The van der Waals surface area contributed by atoms with E-state index in [0.29, 0.717) is 17.8 Å². The van der Waals surface area contributed by atoms with Gasteiger partial charge in [-0.15, -0.1) is 0 Å². The van der Waals surface area contributed by atoms with Crippen LogP contribution < -0.4 is 5.32 Å². The van der Waals surface area contributed by atoms with Gasteiger partial charge >= 0.3 is 0 Å². The molecule has 112 valence electrons. The summed E-state index contributed by atoms with van der Waals surface area (Å²) in [5.74, 6) is 0.797. The Morgan fingerprint density at radius 3 is 2.76 bits per heavy atom. The molecule has 0 saturated carbocycles. The van der Waals surface area contributed by atoms with Gasteiger partial charge in [-0.25, -0.2) is 9.97 Å². The Kier molecular flexibility index (Phi) is 5.05. The van der Waals surface area contributed by atoms with E-state index in [1.165, 1.54) is 0 Å². The summed E-state index contributed by atoms with van der Waals surface area (Å²) in [4.78, 5) is 20.4. The Hall–Kier alpha value is -2.21. The SMILES string of the molecule is CC(C)C(CCO)NC(=O)c1ccc(-n2ccnc2)nc1. The Morgan fingerprint density at radius 2 is 2.24 bits per heavy atom. The standard InChI is InChI=1S/C15H20N4O2/c1-11(2)13(5-8-20)18-15(21)12-3-4-14(17-9-12)19-7-6-16-10-19/h3-4,6-7,9-11,13,20H,5,8H2,1-2H3,(H,18,21). The summed E-state index contributed by atoms with van der Waals surface area (Å²) in [7, 11) is 0. The van der Waals surface area contributed by atoms with Gasteiger partial charge in [-0.05, 0) is 24.5 Å².